The highest BCUT2D eigenvalue weighted by molar-refractivity contribution is 5.96. The minimum absolute atomic E-state index is 0.137. The van der Waals surface area contributed by atoms with Crippen LogP contribution in [0.5, 0.6) is 0 Å². The van der Waals surface area contributed by atoms with Gasteiger partial charge in [0.1, 0.15) is 5.82 Å². The van der Waals surface area contributed by atoms with Crippen LogP contribution < -0.4 is 0 Å². The predicted octanol–water partition coefficient (Wildman–Crippen LogP) is 3.96. The first-order chi connectivity index (χ1) is 13.6. The first kappa shape index (κ1) is 18.4. The number of carbonyl (C=O) groups is 1. The van der Waals surface area contributed by atoms with E-state index in [1.807, 2.05) is 67.8 Å². The molecule has 1 aromatic carbocycles. The molecule has 0 saturated carbocycles. The first-order valence-electron chi connectivity index (χ1n) is 9.88. The fourth-order valence-corrected chi connectivity index (χ4v) is 4.01. The summed E-state index contributed by atoms with van der Waals surface area (Å²) in [5.74, 6) is 1.47. The third-order valence-corrected chi connectivity index (χ3v) is 5.55. The fraction of sp³-hybridized carbons (Fsp3) is 0.348. The van der Waals surface area contributed by atoms with E-state index in [4.69, 9.17) is 0 Å². The van der Waals surface area contributed by atoms with Gasteiger partial charge in [0.25, 0.3) is 5.91 Å². The molecule has 0 N–H and O–H groups in total. The Hall–Kier alpha value is -2.95. The molecule has 1 atom stereocenters. The van der Waals surface area contributed by atoms with Gasteiger partial charge in [-0.15, -0.1) is 0 Å². The van der Waals surface area contributed by atoms with Crippen LogP contribution in [0.15, 0.2) is 55.1 Å². The summed E-state index contributed by atoms with van der Waals surface area (Å²) in [6.07, 6.45) is 9.59. The molecule has 2 aromatic heterocycles. The fourth-order valence-electron chi connectivity index (χ4n) is 4.01. The molecule has 0 radical (unpaired) electrons. The molecule has 5 nitrogen and oxygen atoms in total. The summed E-state index contributed by atoms with van der Waals surface area (Å²) in [4.78, 5) is 23.9. The highest BCUT2D eigenvalue weighted by Crippen LogP contribution is 2.28. The molecule has 3 aromatic rings. The number of imidazole rings is 1. The van der Waals surface area contributed by atoms with Crippen molar-refractivity contribution in [2.24, 2.45) is 0 Å². The van der Waals surface area contributed by atoms with E-state index in [2.05, 4.69) is 20.6 Å². The number of amides is 1. The van der Waals surface area contributed by atoms with Crippen LogP contribution in [0.25, 0.3) is 0 Å². The van der Waals surface area contributed by atoms with Crippen LogP contribution in [0.2, 0.25) is 0 Å². The molecule has 5 heteroatoms. The van der Waals surface area contributed by atoms with Crippen molar-refractivity contribution in [3.8, 4) is 0 Å². The highest BCUT2D eigenvalue weighted by Gasteiger charge is 2.28. The van der Waals surface area contributed by atoms with Gasteiger partial charge in [0, 0.05) is 55.9 Å². The van der Waals surface area contributed by atoms with E-state index in [1.165, 1.54) is 5.56 Å². The standard InChI is InChI=1S/C23H26N4O/c1-17-5-6-18(2)21(14-17)23(28)27-12-3-4-20(16-27)22-25-11-13-26(22)15-19-7-9-24-10-8-19/h5-11,13-14,20H,3-4,12,15-16H2,1-2H3. The molecule has 1 unspecified atom stereocenters. The predicted molar refractivity (Wildman–Crippen MR) is 109 cm³/mol. The summed E-state index contributed by atoms with van der Waals surface area (Å²) in [6, 6.07) is 10.2. The summed E-state index contributed by atoms with van der Waals surface area (Å²) < 4.78 is 2.20. The minimum Gasteiger partial charge on any atom is -0.338 e. The Kier molecular flexibility index (Phi) is 5.24. The third kappa shape index (κ3) is 3.84. The molecule has 3 heterocycles. The molecule has 144 valence electrons. The molecule has 4 rings (SSSR count). The maximum Gasteiger partial charge on any atom is 0.254 e. The lowest BCUT2D eigenvalue weighted by Crippen LogP contribution is -2.40. The quantitative estimate of drug-likeness (QED) is 0.694. The summed E-state index contributed by atoms with van der Waals surface area (Å²) >= 11 is 0. The molecular weight excluding hydrogens is 348 g/mol. The number of hydrogen-bond donors (Lipinski definition) is 0. The average Bonchev–Trinajstić information content (AvgIpc) is 3.18. The molecule has 28 heavy (non-hydrogen) atoms. The maximum atomic E-state index is 13.2. The van der Waals surface area contributed by atoms with Crippen LogP contribution >= 0.6 is 0 Å². The number of aromatic nitrogens is 3. The molecule has 0 aliphatic carbocycles. The van der Waals surface area contributed by atoms with E-state index in [-0.39, 0.29) is 11.8 Å². The van der Waals surface area contributed by atoms with Crippen LogP contribution in [-0.4, -0.2) is 38.4 Å². The van der Waals surface area contributed by atoms with Crippen LogP contribution in [0.3, 0.4) is 0 Å². The highest BCUT2D eigenvalue weighted by atomic mass is 16.2. The van der Waals surface area contributed by atoms with Crippen molar-refractivity contribution in [3.63, 3.8) is 0 Å². The summed E-state index contributed by atoms with van der Waals surface area (Å²) in [5.41, 5.74) is 4.18. The van der Waals surface area contributed by atoms with E-state index in [1.54, 1.807) is 0 Å². The van der Waals surface area contributed by atoms with Crippen molar-refractivity contribution >= 4 is 5.91 Å². The third-order valence-electron chi connectivity index (χ3n) is 5.55. The van der Waals surface area contributed by atoms with Crippen LogP contribution in [0.4, 0.5) is 0 Å². The Bertz CT molecular complexity index is 964. The lowest BCUT2D eigenvalue weighted by molar-refractivity contribution is 0.0702. The topological polar surface area (TPSA) is 51.0 Å². The zero-order chi connectivity index (χ0) is 19.5. The summed E-state index contributed by atoms with van der Waals surface area (Å²) in [7, 11) is 0. The Morgan fingerprint density at radius 3 is 2.79 bits per heavy atom. The smallest absolute Gasteiger partial charge is 0.254 e. The largest absolute Gasteiger partial charge is 0.338 e. The van der Waals surface area contributed by atoms with Crippen molar-refractivity contribution in [1.29, 1.82) is 0 Å². The number of hydrogen-bond acceptors (Lipinski definition) is 3. The lowest BCUT2D eigenvalue weighted by Gasteiger charge is -2.33. The summed E-state index contributed by atoms with van der Waals surface area (Å²) in [5, 5.41) is 0. The van der Waals surface area contributed by atoms with Crippen LogP contribution in [0, 0.1) is 13.8 Å². The normalized spacial score (nSPS) is 16.9. The van der Waals surface area contributed by atoms with Crippen LogP contribution in [0.1, 0.15) is 51.6 Å². The second-order valence-corrected chi connectivity index (χ2v) is 7.68. The molecule has 1 fully saturated rings. The second kappa shape index (κ2) is 7.97. The molecule has 1 amide bonds. The Balaban J connectivity index is 1.53. The lowest BCUT2D eigenvalue weighted by atomic mass is 9.95. The van der Waals surface area contributed by atoms with E-state index >= 15 is 0 Å². The van der Waals surface area contributed by atoms with Crippen molar-refractivity contribution < 1.29 is 4.79 Å². The van der Waals surface area contributed by atoms with Crippen molar-refractivity contribution in [3.05, 3.63) is 83.2 Å². The number of piperidine rings is 1. The zero-order valence-corrected chi connectivity index (χ0v) is 16.5. The minimum atomic E-state index is 0.137. The van der Waals surface area contributed by atoms with E-state index in [9.17, 15) is 4.79 Å². The maximum absolute atomic E-state index is 13.2. The molecule has 0 spiro atoms. The Labute approximate surface area is 166 Å². The van der Waals surface area contributed by atoms with Crippen molar-refractivity contribution in [2.75, 3.05) is 13.1 Å². The van der Waals surface area contributed by atoms with Gasteiger partial charge >= 0.3 is 0 Å². The van der Waals surface area contributed by atoms with E-state index < -0.39 is 0 Å². The van der Waals surface area contributed by atoms with Gasteiger partial charge in [-0.3, -0.25) is 9.78 Å². The van der Waals surface area contributed by atoms with Crippen molar-refractivity contribution in [2.45, 2.75) is 39.2 Å². The average molecular weight is 374 g/mol. The Morgan fingerprint density at radius 1 is 1.14 bits per heavy atom. The number of nitrogens with zero attached hydrogens (tertiary/aromatic N) is 4. The number of benzene rings is 1. The monoisotopic (exact) mass is 374 g/mol. The van der Waals surface area contributed by atoms with Gasteiger partial charge in [0.05, 0.1) is 0 Å². The van der Waals surface area contributed by atoms with E-state index in [0.717, 1.165) is 55.0 Å². The number of aryl methyl sites for hydroxylation is 2. The summed E-state index contributed by atoms with van der Waals surface area (Å²) in [6.45, 7) is 6.35. The molecule has 1 aliphatic rings. The number of carbonyl (C=O) groups excluding carboxylic acids is 1. The number of likely N-dealkylation sites (tertiary alicyclic amines) is 1. The van der Waals surface area contributed by atoms with Gasteiger partial charge in [-0.1, -0.05) is 17.7 Å². The van der Waals surface area contributed by atoms with Gasteiger partial charge in [-0.2, -0.15) is 0 Å². The zero-order valence-electron chi connectivity index (χ0n) is 16.5. The molecule has 1 saturated heterocycles. The van der Waals surface area contributed by atoms with Gasteiger partial charge in [0.2, 0.25) is 0 Å². The van der Waals surface area contributed by atoms with Crippen molar-refractivity contribution in [1.82, 2.24) is 19.4 Å². The van der Waals surface area contributed by atoms with Gasteiger partial charge < -0.3 is 9.47 Å². The molecule has 0 bridgehead atoms. The number of rotatable bonds is 4. The van der Waals surface area contributed by atoms with E-state index in [0.29, 0.717) is 0 Å². The van der Waals surface area contributed by atoms with Gasteiger partial charge in [0.15, 0.2) is 0 Å². The first-order valence-corrected chi connectivity index (χ1v) is 9.88. The number of pyridine rings is 1. The molecular formula is C23H26N4O. The SMILES string of the molecule is Cc1ccc(C)c(C(=O)N2CCCC(c3nccn3Cc3ccncc3)C2)c1. The molecule has 1 aliphatic heterocycles. The van der Waals surface area contributed by atoms with Gasteiger partial charge in [-0.05, 0) is 56.0 Å². The second-order valence-electron chi connectivity index (χ2n) is 7.68. The Morgan fingerprint density at radius 2 is 1.96 bits per heavy atom. The van der Waals surface area contributed by atoms with Gasteiger partial charge in [-0.25, -0.2) is 4.98 Å². The van der Waals surface area contributed by atoms with Crippen LogP contribution in [-0.2, 0) is 6.54 Å².